The number of hydrogen-bond acceptors (Lipinski definition) is 8. The Bertz CT molecular complexity index is 1950. The number of carbonyl (C=O) groups is 1. The van der Waals surface area contributed by atoms with Crippen LogP contribution in [0.4, 0.5) is 0 Å². The first kappa shape index (κ1) is 29.8. The van der Waals surface area contributed by atoms with Crippen LogP contribution in [0.25, 0.3) is 6.08 Å². The summed E-state index contributed by atoms with van der Waals surface area (Å²) in [7, 11) is 1.54. The Kier molecular flexibility index (Phi) is 8.81. The highest BCUT2D eigenvalue weighted by molar-refractivity contribution is 7.07. The van der Waals surface area contributed by atoms with E-state index in [1.807, 2.05) is 18.2 Å². The average Bonchev–Trinajstić information content (AvgIpc) is 3.29. The van der Waals surface area contributed by atoms with Crippen LogP contribution < -0.4 is 24.4 Å². The first-order valence-corrected chi connectivity index (χ1v) is 14.7. The van der Waals surface area contributed by atoms with E-state index in [2.05, 4.69) is 11.1 Å². The fraction of sp³-hybridized carbons (Fsp3) is 0.212. The van der Waals surface area contributed by atoms with Gasteiger partial charge in [-0.1, -0.05) is 59.3 Å². The average molecular weight is 614 g/mol. The number of methoxy groups -OCH3 is 1. The third kappa shape index (κ3) is 6.26. The predicted molar refractivity (Wildman–Crippen MR) is 165 cm³/mol. The summed E-state index contributed by atoms with van der Waals surface area (Å²) in [5.41, 5.74) is 3.23. The zero-order valence-electron chi connectivity index (χ0n) is 24.0. The summed E-state index contributed by atoms with van der Waals surface area (Å²) in [5.74, 6) is 0.452. The third-order valence-corrected chi connectivity index (χ3v) is 8.01. The Labute approximate surface area is 257 Å². The second kappa shape index (κ2) is 12.7. The van der Waals surface area contributed by atoms with Gasteiger partial charge >= 0.3 is 5.97 Å². The Balaban J connectivity index is 1.54. The van der Waals surface area contributed by atoms with Crippen molar-refractivity contribution in [3.8, 4) is 17.6 Å². The number of halogens is 1. The maximum Gasteiger partial charge on any atom is 0.338 e. The van der Waals surface area contributed by atoms with E-state index in [9.17, 15) is 14.9 Å². The maximum absolute atomic E-state index is 13.9. The molecule has 8 nitrogen and oxygen atoms in total. The summed E-state index contributed by atoms with van der Waals surface area (Å²) < 4.78 is 19.1. The predicted octanol–water partition coefficient (Wildman–Crippen LogP) is 5.30. The fourth-order valence-corrected chi connectivity index (χ4v) is 5.95. The first-order chi connectivity index (χ1) is 20.7. The van der Waals surface area contributed by atoms with E-state index >= 15 is 0 Å². The second-order valence-corrected chi connectivity index (χ2v) is 11.5. The maximum atomic E-state index is 13.9. The highest BCUT2D eigenvalue weighted by Crippen LogP contribution is 2.32. The van der Waals surface area contributed by atoms with E-state index in [0.29, 0.717) is 53.8 Å². The van der Waals surface area contributed by atoms with Crippen LogP contribution >= 0.6 is 22.9 Å². The summed E-state index contributed by atoms with van der Waals surface area (Å²) in [4.78, 5) is 32.3. The van der Waals surface area contributed by atoms with Crippen LogP contribution in [0.5, 0.6) is 11.5 Å². The molecule has 0 spiro atoms. The van der Waals surface area contributed by atoms with Crippen LogP contribution in [-0.2, 0) is 16.1 Å². The summed E-state index contributed by atoms with van der Waals surface area (Å²) in [6.45, 7) is 5.49. The van der Waals surface area contributed by atoms with Gasteiger partial charge in [0.15, 0.2) is 16.3 Å². The van der Waals surface area contributed by atoms with E-state index in [-0.39, 0.29) is 18.3 Å². The van der Waals surface area contributed by atoms with E-state index in [0.717, 1.165) is 5.56 Å². The molecule has 0 unspecified atom stereocenters. The molecule has 0 amide bonds. The van der Waals surface area contributed by atoms with Gasteiger partial charge in [0.25, 0.3) is 5.56 Å². The number of esters is 1. The molecule has 218 valence electrons. The molecule has 0 N–H and O–H groups in total. The summed E-state index contributed by atoms with van der Waals surface area (Å²) in [5, 5.41) is 9.90. The molecule has 10 heteroatoms. The standard InChI is InChI=1S/C33H28ClN3O5S/c1-19(2)42-32(39)29-20(3)36-33-37(30(29)22-10-12-25(34)13-11-22)31(38)28(43-33)16-21-9-14-26(27(15-21)40-4)41-18-24-8-6-5-7-23(24)17-35/h5-16,19,30H,18H2,1-4H3/b28-16+/t30-/m1/s1. The molecule has 3 aromatic carbocycles. The van der Waals surface area contributed by atoms with Crippen molar-refractivity contribution >= 4 is 35.0 Å². The third-order valence-electron chi connectivity index (χ3n) is 6.78. The van der Waals surface area contributed by atoms with Crippen LogP contribution in [0.1, 0.15) is 49.1 Å². The number of carbonyl (C=O) groups excluding carboxylic acids is 1. The van der Waals surface area contributed by atoms with Gasteiger partial charge in [0.2, 0.25) is 0 Å². The number of benzene rings is 3. The van der Waals surface area contributed by atoms with E-state index in [1.54, 1.807) is 75.4 Å². The lowest BCUT2D eigenvalue weighted by Crippen LogP contribution is -2.40. The molecule has 1 atom stereocenters. The smallest absolute Gasteiger partial charge is 0.338 e. The van der Waals surface area contributed by atoms with Gasteiger partial charge in [0.05, 0.1) is 46.7 Å². The number of allylic oxidation sites excluding steroid dienone is 1. The van der Waals surface area contributed by atoms with Crippen LogP contribution in [0.2, 0.25) is 5.02 Å². The zero-order chi connectivity index (χ0) is 30.7. The molecule has 43 heavy (non-hydrogen) atoms. The lowest BCUT2D eigenvalue weighted by molar-refractivity contribution is -0.143. The number of fused-ring (bicyclic) bond motifs is 1. The van der Waals surface area contributed by atoms with Gasteiger partial charge in [0.1, 0.15) is 6.61 Å². The Morgan fingerprint density at radius 3 is 2.58 bits per heavy atom. The van der Waals surface area contributed by atoms with Crippen molar-refractivity contribution in [2.75, 3.05) is 7.11 Å². The lowest BCUT2D eigenvalue weighted by atomic mass is 9.96. The number of thiazole rings is 1. The minimum atomic E-state index is -0.733. The fourth-order valence-electron chi connectivity index (χ4n) is 4.78. The Morgan fingerprint density at radius 1 is 1.14 bits per heavy atom. The quantitative estimate of drug-likeness (QED) is 0.250. The largest absolute Gasteiger partial charge is 0.493 e. The van der Waals surface area contributed by atoms with Gasteiger partial charge in [-0.2, -0.15) is 5.26 Å². The van der Waals surface area contributed by atoms with Gasteiger partial charge in [-0.25, -0.2) is 9.79 Å². The number of hydrogen-bond donors (Lipinski definition) is 0. The number of aromatic nitrogens is 1. The van der Waals surface area contributed by atoms with Crippen LogP contribution in [-0.4, -0.2) is 23.8 Å². The number of rotatable bonds is 8. The van der Waals surface area contributed by atoms with Crippen molar-refractivity contribution in [1.82, 2.24) is 4.57 Å². The lowest BCUT2D eigenvalue weighted by Gasteiger charge is -2.25. The molecular weight excluding hydrogens is 586 g/mol. The van der Waals surface area contributed by atoms with E-state index in [1.165, 1.54) is 23.0 Å². The molecular formula is C33H28ClN3O5S. The molecule has 0 saturated heterocycles. The van der Waals surface area contributed by atoms with Crippen molar-refractivity contribution in [2.24, 2.45) is 4.99 Å². The molecule has 0 bridgehead atoms. The number of nitrogens with zero attached hydrogens (tertiary/aromatic N) is 3. The summed E-state index contributed by atoms with van der Waals surface area (Å²) in [6.07, 6.45) is 1.41. The van der Waals surface area contributed by atoms with Crippen molar-refractivity contribution in [3.63, 3.8) is 0 Å². The van der Waals surface area contributed by atoms with Crippen molar-refractivity contribution in [3.05, 3.63) is 125 Å². The molecule has 0 aliphatic carbocycles. The molecule has 5 rings (SSSR count). The summed E-state index contributed by atoms with van der Waals surface area (Å²) >= 11 is 7.38. The SMILES string of the molecule is COc1cc(/C=c2/sc3n(c2=O)[C@H](c2ccc(Cl)cc2)C(C(=O)OC(C)C)=C(C)N=3)ccc1OCc1ccccc1C#N. The molecule has 1 aromatic heterocycles. The molecule has 1 aliphatic heterocycles. The van der Waals surface area contributed by atoms with Crippen molar-refractivity contribution < 1.29 is 19.0 Å². The van der Waals surface area contributed by atoms with E-state index in [4.69, 9.17) is 25.8 Å². The highest BCUT2D eigenvalue weighted by atomic mass is 35.5. The zero-order valence-corrected chi connectivity index (χ0v) is 25.5. The minimum absolute atomic E-state index is 0.198. The molecule has 2 heterocycles. The summed E-state index contributed by atoms with van der Waals surface area (Å²) in [6, 6.07) is 21.1. The highest BCUT2D eigenvalue weighted by Gasteiger charge is 2.33. The topological polar surface area (TPSA) is 103 Å². The van der Waals surface area contributed by atoms with E-state index < -0.39 is 12.0 Å². The van der Waals surface area contributed by atoms with Crippen molar-refractivity contribution in [1.29, 1.82) is 5.26 Å². The van der Waals surface area contributed by atoms with Gasteiger partial charge < -0.3 is 14.2 Å². The van der Waals surface area contributed by atoms with Gasteiger partial charge in [-0.05, 0) is 68.3 Å². The normalized spacial score (nSPS) is 14.6. The number of nitriles is 1. The van der Waals surface area contributed by atoms with Gasteiger partial charge in [0, 0.05) is 10.6 Å². The van der Waals surface area contributed by atoms with Crippen molar-refractivity contribution in [2.45, 2.75) is 39.5 Å². The van der Waals surface area contributed by atoms with Gasteiger partial charge in [-0.3, -0.25) is 9.36 Å². The molecule has 0 fully saturated rings. The minimum Gasteiger partial charge on any atom is -0.493 e. The molecule has 1 aliphatic rings. The second-order valence-electron chi connectivity index (χ2n) is 10.1. The molecule has 4 aromatic rings. The van der Waals surface area contributed by atoms with Crippen LogP contribution in [0, 0.1) is 11.3 Å². The monoisotopic (exact) mass is 613 g/mol. The Hall–Kier alpha value is -4.65. The number of ether oxygens (including phenoxy) is 3. The molecule has 0 radical (unpaired) electrons. The molecule has 0 saturated carbocycles. The Morgan fingerprint density at radius 2 is 1.88 bits per heavy atom. The van der Waals surface area contributed by atoms with Crippen LogP contribution in [0.15, 0.2) is 87.8 Å². The van der Waals surface area contributed by atoms with Gasteiger partial charge in [-0.15, -0.1) is 0 Å². The van der Waals surface area contributed by atoms with Crippen LogP contribution in [0.3, 0.4) is 0 Å². The first-order valence-electron chi connectivity index (χ1n) is 13.5.